The van der Waals surface area contributed by atoms with Gasteiger partial charge in [-0.1, -0.05) is 24.3 Å². The molecule has 0 spiro atoms. The first kappa shape index (κ1) is 22.1. The van der Waals surface area contributed by atoms with E-state index in [0.29, 0.717) is 37.8 Å². The Kier molecular flexibility index (Phi) is 9.93. The zero-order chi connectivity index (χ0) is 18.1. The Morgan fingerprint density at radius 1 is 1.04 bits per heavy atom. The van der Waals surface area contributed by atoms with E-state index < -0.39 is 5.82 Å². The second-order valence-electron chi connectivity index (χ2n) is 5.34. The highest BCUT2D eigenvalue weighted by Gasteiger charge is 2.05. The van der Waals surface area contributed by atoms with E-state index in [1.807, 2.05) is 13.8 Å². The summed E-state index contributed by atoms with van der Waals surface area (Å²) in [5.41, 5.74) is 1.28. The van der Waals surface area contributed by atoms with Crippen LogP contribution in [0.15, 0.2) is 47.5 Å². The molecule has 0 atom stereocenters. The Bertz CT molecular complexity index is 726. The zero-order valence-corrected chi connectivity index (χ0v) is 17.2. The van der Waals surface area contributed by atoms with Crippen LogP contribution >= 0.6 is 24.0 Å². The first-order valence-electron chi connectivity index (χ1n) is 8.30. The third-order valence-corrected chi connectivity index (χ3v) is 3.46. The fourth-order valence-corrected chi connectivity index (χ4v) is 2.25. The number of aliphatic imine (C=N–C) groups is 1. The number of hydrogen-bond donors (Lipinski definition) is 2. The van der Waals surface area contributed by atoms with Crippen LogP contribution in [0.3, 0.4) is 0 Å². The van der Waals surface area contributed by atoms with Crippen molar-refractivity contribution >= 4 is 29.9 Å². The van der Waals surface area contributed by atoms with Crippen molar-refractivity contribution in [3.63, 3.8) is 0 Å². The molecule has 0 bridgehead atoms. The maximum atomic E-state index is 13.9. The van der Waals surface area contributed by atoms with Gasteiger partial charge in [0.05, 0.1) is 13.2 Å². The summed E-state index contributed by atoms with van der Waals surface area (Å²) in [6, 6.07) is 11.4. The molecule has 4 nitrogen and oxygen atoms in total. The molecular formula is C19H24F2IN3O. The van der Waals surface area contributed by atoms with Crippen molar-refractivity contribution in [3.05, 3.63) is 65.2 Å². The average molecular weight is 475 g/mol. The van der Waals surface area contributed by atoms with Gasteiger partial charge in [-0.25, -0.2) is 13.8 Å². The summed E-state index contributed by atoms with van der Waals surface area (Å²) in [6.45, 7) is 5.45. The molecule has 0 saturated heterocycles. The third-order valence-electron chi connectivity index (χ3n) is 3.46. The molecule has 2 rings (SSSR count). The van der Waals surface area contributed by atoms with Crippen LogP contribution in [0, 0.1) is 11.6 Å². The van der Waals surface area contributed by atoms with Gasteiger partial charge in [0.15, 0.2) is 17.5 Å². The summed E-state index contributed by atoms with van der Waals surface area (Å²) in [4.78, 5) is 4.41. The fourth-order valence-electron chi connectivity index (χ4n) is 2.25. The Morgan fingerprint density at radius 2 is 1.81 bits per heavy atom. The molecule has 0 fully saturated rings. The quantitative estimate of drug-likeness (QED) is 0.358. The summed E-state index contributed by atoms with van der Waals surface area (Å²) in [7, 11) is 0. The van der Waals surface area contributed by atoms with Gasteiger partial charge in [0, 0.05) is 18.7 Å². The fraction of sp³-hybridized carbons (Fsp3) is 0.316. The van der Waals surface area contributed by atoms with Gasteiger partial charge in [-0.3, -0.25) is 0 Å². The van der Waals surface area contributed by atoms with Crippen LogP contribution in [0.25, 0.3) is 0 Å². The lowest BCUT2D eigenvalue weighted by atomic mass is 10.2. The molecule has 2 aromatic rings. The molecule has 0 heterocycles. The largest absolute Gasteiger partial charge is 0.491 e. The number of rotatable bonds is 7. The molecule has 0 aromatic heterocycles. The van der Waals surface area contributed by atoms with Crippen molar-refractivity contribution in [1.82, 2.24) is 10.6 Å². The predicted molar refractivity (Wildman–Crippen MR) is 111 cm³/mol. The lowest BCUT2D eigenvalue weighted by molar-refractivity contribution is 0.321. The lowest BCUT2D eigenvalue weighted by Gasteiger charge is -2.12. The first-order chi connectivity index (χ1) is 12.1. The Hall–Kier alpha value is -1.90. The third kappa shape index (κ3) is 6.78. The number of guanidine groups is 1. The second-order valence-corrected chi connectivity index (χ2v) is 5.34. The maximum Gasteiger partial charge on any atom is 0.191 e. The van der Waals surface area contributed by atoms with Gasteiger partial charge >= 0.3 is 0 Å². The molecule has 0 aliphatic carbocycles. The highest BCUT2D eigenvalue weighted by atomic mass is 127. The monoisotopic (exact) mass is 475 g/mol. The highest BCUT2D eigenvalue weighted by molar-refractivity contribution is 14.0. The van der Waals surface area contributed by atoms with Crippen LogP contribution in [0.4, 0.5) is 8.78 Å². The smallest absolute Gasteiger partial charge is 0.191 e. The van der Waals surface area contributed by atoms with Crippen LogP contribution in [-0.2, 0) is 13.1 Å². The van der Waals surface area contributed by atoms with Crippen molar-refractivity contribution in [2.75, 3.05) is 13.2 Å². The minimum absolute atomic E-state index is 0. The zero-order valence-electron chi connectivity index (χ0n) is 14.9. The molecule has 7 heteroatoms. The summed E-state index contributed by atoms with van der Waals surface area (Å²) in [5.74, 6) is 0.109. The van der Waals surface area contributed by atoms with Crippen LogP contribution in [0.2, 0.25) is 0 Å². The van der Waals surface area contributed by atoms with Crippen molar-refractivity contribution in [2.45, 2.75) is 26.9 Å². The Balaban J connectivity index is 0.00000338. The van der Waals surface area contributed by atoms with Gasteiger partial charge in [-0.15, -0.1) is 24.0 Å². The highest BCUT2D eigenvalue weighted by Crippen LogP contribution is 2.18. The van der Waals surface area contributed by atoms with Gasteiger partial charge in [0.1, 0.15) is 5.82 Å². The Labute approximate surface area is 170 Å². The number of halogens is 3. The molecule has 0 amide bonds. The van der Waals surface area contributed by atoms with E-state index in [1.54, 1.807) is 30.3 Å². The first-order valence-corrected chi connectivity index (χ1v) is 8.30. The van der Waals surface area contributed by atoms with Crippen molar-refractivity contribution in [3.8, 4) is 5.75 Å². The van der Waals surface area contributed by atoms with E-state index in [-0.39, 0.29) is 35.5 Å². The summed E-state index contributed by atoms with van der Waals surface area (Å²) in [6.07, 6.45) is 0. The van der Waals surface area contributed by atoms with Crippen LogP contribution < -0.4 is 15.4 Å². The van der Waals surface area contributed by atoms with Gasteiger partial charge in [0.2, 0.25) is 0 Å². The number of hydrogen-bond acceptors (Lipinski definition) is 2. The molecule has 2 N–H and O–H groups in total. The van der Waals surface area contributed by atoms with Crippen molar-refractivity contribution < 1.29 is 13.5 Å². The second kappa shape index (κ2) is 11.7. The molecule has 142 valence electrons. The molecular weight excluding hydrogens is 451 g/mol. The maximum absolute atomic E-state index is 13.9. The molecule has 2 aromatic carbocycles. The van der Waals surface area contributed by atoms with E-state index >= 15 is 0 Å². The molecule has 0 saturated carbocycles. The molecule has 0 radical (unpaired) electrons. The Morgan fingerprint density at radius 3 is 2.46 bits per heavy atom. The van der Waals surface area contributed by atoms with E-state index in [9.17, 15) is 8.78 Å². The van der Waals surface area contributed by atoms with E-state index in [4.69, 9.17) is 4.74 Å². The van der Waals surface area contributed by atoms with E-state index in [2.05, 4.69) is 15.6 Å². The molecule has 26 heavy (non-hydrogen) atoms. The predicted octanol–water partition coefficient (Wildman–Crippen LogP) is 4.24. The lowest BCUT2D eigenvalue weighted by Crippen LogP contribution is -2.37. The number of benzene rings is 2. The summed E-state index contributed by atoms with van der Waals surface area (Å²) in [5, 5.41) is 6.16. The van der Waals surface area contributed by atoms with Crippen LogP contribution in [-0.4, -0.2) is 19.1 Å². The van der Waals surface area contributed by atoms with Gasteiger partial charge in [0.25, 0.3) is 0 Å². The number of ether oxygens (including phenoxy) is 1. The van der Waals surface area contributed by atoms with Crippen molar-refractivity contribution in [1.29, 1.82) is 0 Å². The summed E-state index contributed by atoms with van der Waals surface area (Å²) < 4.78 is 32.7. The van der Waals surface area contributed by atoms with Gasteiger partial charge in [-0.05, 0) is 37.6 Å². The van der Waals surface area contributed by atoms with Gasteiger partial charge in [-0.2, -0.15) is 0 Å². The minimum Gasteiger partial charge on any atom is -0.491 e. The normalized spacial score (nSPS) is 10.8. The van der Waals surface area contributed by atoms with Crippen molar-refractivity contribution in [2.24, 2.45) is 4.99 Å². The molecule has 0 aliphatic heterocycles. The van der Waals surface area contributed by atoms with E-state index in [0.717, 1.165) is 5.56 Å². The average Bonchev–Trinajstić information content (AvgIpc) is 2.61. The van der Waals surface area contributed by atoms with Crippen LogP contribution in [0.1, 0.15) is 25.0 Å². The SMILES string of the molecule is CCNC(=NCc1ccc(OCC)c(F)c1)NCc1ccccc1F.I. The minimum atomic E-state index is -0.404. The summed E-state index contributed by atoms with van der Waals surface area (Å²) >= 11 is 0. The topological polar surface area (TPSA) is 45.7 Å². The molecule has 0 aliphatic rings. The number of nitrogens with zero attached hydrogens (tertiary/aromatic N) is 1. The standard InChI is InChI=1S/C19H23F2N3O.HI/c1-3-22-19(24-13-15-7-5-6-8-16(15)20)23-12-14-9-10-18(25-4-2)17(21)11-14;/h5-11H,3-4,12-13H2,1-2H3,(H2,22,23,24);1H. The van der Waals surface area contributed by atoms with Crippen LogP contribution in [0.5, 0.6) is 5.75 Å². The van der Waals surface area contributed by atoms with Gasteiger partial charge < -0.3 is 15.4 Å². The van der Waals surface area contributed by atoms with E-state index in [1.165, 1.54) is 12.1 Å². The molecule has 0 unspecified atom stereocenters. The number of nitrogens with one attached hydrogen (secondary N) is 2.